The molecular weight excluding hydrogens is 316 g/mol. The molecule has 2 aliphatic heterocycles. The van der Waals surface area contributed by atoms with Crippen LogP contribution in [0.15, 0.2) is 60.7 Å². The van der Waals surface area contributed by atoms with Crippen molar-refractivity contribution in [2.45, 2.75) is 51.9 Å². The zero-order valence-electron chi connectivity index (χ0n) is 16.5. The van der Waals surface area contributed by atoms with Gasteiger partial charge in [-0.3, -0.25) is 9.80 Å². The maximum Gasteiger partial charge on any atom is 0.0549 e. The van der Waals surface area contributed by atoms with Crippen molar-refractivity contribution in [3.8, 4) is 0 Å². The van der Waals surface area contributed by atoms with Gasteiger partial charge in [0.05, 0.1) is 12.1 Å². The zero-order valence-corrected chi connectivity index (χ0v) is 16.5. The van der Waals surface area contributed by atoms with Gasteiger partial charge in [-0.05, 0) is 23.0 Å². The van der Waals surface area contributed by atoms with Crippen LogP contribution in [0.4, 0.5) is 0 Å². The van der Waals surface area contributed by atoms with Crippen molar-refractivity contribution in [2.24, 2.45) is 11.8 Å². The van der Waals surface area contributed by atoms with Crippen molar-refractivity contribution in [3.63, 3.8) is 0 Å². The number of rotatable bonds is 7. The fourth-order valence-electron chi connectivity index (χ4n) is 4.58. The highest BCUT2D eigenvalue weighted by Gasteiger charge is 2.51. The molecule has 0 amide bonds. The normalized spacial score (nSPS) is 29.6. The Morgan fingerprint density at radius 3 is 1.23 bits per heavy atom. The summed E-state index contributed by atoms with van der Waals surface area (Å²) in [5.41, 5.74) is 2.91. The van der Waals surface area contributed by atoms with Gasteiger partial charge in [-0.1, -0.05) is 88.4 Å². The lowest BCUT2D eigenvalue weighted by Gasteiger charge is -2.32. The van der Waals surface area contributed by atoms with Gasteiger partial charge in [0.25, 0.3) is 0 Å². The van der Waals surface area contributed by atoms with Crippen LogP contribution in [0, 0.1) is 11.8 Å². The monoisotopic (exact) mass is 348 g/mol. The summed E-state index contributed by atoms with van der Waals surface area (Å²) in [5, 5.41) is 0. The van der Waals surface area contributed by atoms with Gasteiger partial charge in [-0.25, -0.2) is 0 Å². The van der Waals surface area contributed by atoms with Crippen LogP contribution in [0.2, 0.25) is 0 Å². The second-order valence-electron chi connectivity index (χ2n) is 8.73. The van der Waals surface area contributed by atoms with E-state index in [4.69, 9.17) is 0 Å². The molecule has 2 aromatic carbocycles. The maximum atomic E-state index is 2.73. The SMILES string of the molecule is CC(C)[C@H]1CN1[C@@H](c1ccccc1)[C@H](c1ccccc1)N1C[C@@H]1C(C)C. The number of hydrogen-bond donors (Lipinski definition) is 0. The molecule has 26 heavy (non-hydrogen) atoms. The minimum atomic E-state index is 0.440. The molecule has 0 saturated carbocycles. The summed E-state index contributed by atoms with van der Waals surface area (Å²) < 4.78 is 0. The molecule has 138 valence electrons. The molecule has 0 bridgehead atoms. The third-order valence-electron chi connectivity index (χ3n) is 6.22. The molecule has 2 heterocycles. The van der Waals surface area contributed by atoms with Gasteiger partial charge < -0.3 is 0 Å². The highest BCUT2D eigenvalue weighted by atomic mass is 15.4. The Morgan fingerprint density at radius 2 is 0.962 bits per heavy atom. The third-order valence-corrected chi connectivity index (χ3v) is 6.22. The molecule has 0 radical (unpaired) electrons. The first-order valence-electron chi connectivity index (χ1n) is 10.2. The molecule has 2 aromatic rings. The molecule has 0 aromatic heterocycles. The Hall–Kier alpha value is -1.64. The van der Waals surface area contributed by atoms with Gasteiger partial charge in [-0.15, -0.1) is 0 Å². The molecular formula is C24H32N2. The van der Waals surface area contributed by atoms with Crippen LogP contribution in [0.25, 0.3) is 0 Å². The molecule has 0 N–H and O–H groups in total. The number of hydrogen-bond acceptors (Lipinski definition) is 2. The fraction of sp³-hybridized carbons (Fsp3) is 0.500. The quantitative estimate of drug-likeness (QED) is 0.638. The van der Waals surface area contributed by atoms with E-state index in [0.29, 0.717) is 36.0 Å². The first-order chi connectivity index (χ1) is 12.6. The lowest BCUT2D eigenvalue weighted by molar-refractivity contribution is 0.207. The van der Waals surface area contributed by atoms with Crippen LogP contribution in [-0.4, -0.2) is 35.0 Å². The second kappa shape index (κ2) is 7.17. The lowest BCUT2D eigenvalue weighted by Crippen LogP contribution is -2.28. The Bertz CT molecular complexity index is 646. The van der Waals surface area contributed by atoms with Crippen LogP contribution in [-0.2, 0) is 0 Å². The average molecular weight is 349 g/mol. The summed E-state index contributed by atoms with van der Waals surface area (Å²) in [4.78, 5) is 5.46. The predicted octanol–water partition coefficient (Wildman–Crippen LogP) is 5.15. The van der Waals surface area contributed by atoms with Gasteiger partial charge in [0.15, 0.2) is 0 Å². The highest BCUT2D eigenvalue weighted by molar-refractivity contribution is 5.31. The first-order valence-corrected chi connectivity index (χ1v) is 10.2. The molecule has 0 aliphatic carbocycles. The van der Waals surface area contributed by atoms with Gasteiger partial charge in [0.2, 0.25) is 0 Å². The molecule has 2 fully saturated rings. The van der Waals surface area contributed by atoms with E-state index in [0.717, 1.165) is 0 Å². The van der Waals surface area contributed by atoms with Crippen LogP contribution < -0.4 is 0 Å². The summed E-state index contributed by atoms with van der Waals surface area (Å²) in [6.45, 7) is 11.9. The largest absolute Gasteiger partial charge is 0.288 e. The molecule has 4 rings (SSSR count). The van der Waals surface area contributed by atoms with Crippen molar-refractivity contribution >= 4 is 0 Å². The summed E-state index contributed by atoms with van der Waals surface area (Å²) in [6, 6.07) is 24.6. The van der Waals surface area contributed by atoms with E-state index in [9.17, 15) is 0 Å². The van der Waals surface area contributed by atoms with E-state index in [1.807, 2.05) is 0 Å². The topological polar surface area (TPSA) is 6.02 Å². The van der Waals surface area contributed by atoms with Crippen molar-refractivity contribution in [3.05, 3.63) is 71.8 Å². The van der Waals surface area contributed by atoms with E-state index in [-0.39, 0.29) is 0 Å². The smallest absolute Gasteiger partial charge is 0.0549 e. The fourth-order valence-corrected chi connectivity index (χ4v) is 4.58. The Kier molecular flexibility index (Phi) is 4.90. The molecule has 2 aliphatic rings. The summed E-state index contributed by atoms with van der Waals surface area (Å²) >= 11 is 0. The summed E-state index contributed by atoms with van der Waals surface area (Å²) in [7, 11) is 0. The third kappa shape index (κ3) is 3.45. The molecule has 2 unspecified atom stereocenters. The van der Waals surface area contributed by atoms with Crippen molar-refractivity contribution in [1.82, 2.24) is 9.80 Å². The number of benzene rings is 2. The van der Waals surface area contributed by atoms with Gasteiger partial charge in [0, 0.05) is 25.2 Å². The minimum Gasteiger partial charge on any atom is -0.288 e. The van der Waals surface area contributed by atoms with Crippen molar-refractivity contribution < 1.29 is 0 Å². The van der Waals surface area contributed by atoms with Crippen LogP contribution in [0.1, 0.15) is 50.9 Å². The van der Waals surface area contributed by atoms with Crippen molar-refractivity contribution in [2.75, 3.05) is 13.1 Å². The summed E-state index contributed by atoms with van der Waals surface area (Å²) in [6.07, 6.45) is 0. The molecule has 6 atom stereocenters. The van der Waals surface area contributed by atoms with E-state index in [1.54, 1.807) is 0 Å². The van der Waals surface area contributed by atoms with Crippen LogP contribution >= 0.6 is 0 Å². The molecule has 2 nitrogen and oxygen atoms in total. The highest BCUT2D eigenvalue weighted by Crippen LogP contribution is 2.49. The Balaban J connectivity index is 1.73. The lowest BCUT2D eigenvalue weighted by atomic mass is 9.92. The summed E-state index contributed by atoms with van der Waals surface area (Å²) in [5.74, 6) is 1.43. The van der Waals surface area contributed by atoms with Crippen LogP contribution in [0.5, 0.6) is 0 Å². The van der Waals surface area contributed by atoms with Gasteiger partial charge in [-0.2, -0.15) is 0 Å². The zero-order chi connectivity index (χ0) is 18.3. The van der Waals surface area contributed by atoms with Crippen LogP contribution in [0.3, 0.4) is 0 Å². The predicted molar refractivity (Wildman–Crippen MR) is 109 cm³/mol. The van der Waals surface area contributed by atoms with Gasteiger partial charge in [0.1, 0.15) is 0 Å². The minimum absolute atomic E-state index is 0.440. The van der Waals surface area contributed by atoms with Crippen molar-refractivity contribution in [1.29, 1.82) is 0 Å². The standard InChI is InChI=1S/C24H32N2/c1-17(2)21-15-25(21)23(19-11-7-5-8-12-19)24(20-13-9-6-10-14-20)26-16-22(26)18(3)4/h5-14,17-18,21-24H,15-16H2,1-4H3/t21-,22-,23+,24+,25?,26?/m1/s1. The molecule has 2 heteroatoms. The second-order valence-corrected chi connectivity index (χ2v) is 8.73. The van der Waals surface area contributed by atoms with Gasteiger partial charge >= 0.3 is 0 Å². The van der Waals surface area contributed by atoms with E-state index in [2.05, 4.69) is 98.2 Å². The number of nitrogens with zero attached hydrogens (tertiary/aromatic N) is 2. The molecule has 0 spiro atoms. The Labute approximate surface area is 158 Å². The van der Waals surface area contributed by atoms with E-state index >= 15 is 0 Å². The average Bonchev–Trinajstić information content (AvgIpc) is 3.54. The Morgan fingerprint density at radius 1 is 0.615 bits per heavy atom. The first kappa shape index (κ1) is 17.8. The molecule has 2 saturated heterocycles. The van der Waals surface area contributed by atoms with E-state index < -0.39 is 0 Å². The maximum absolute atomic E-state index is 2.73. The van der Waals surface area contributed by atoms with E-state index in [1.165, 1.54) is 24.2 Å².